The highest BCUT2D eigenvalue weighted by Crippen LogP contribution is 2.41. The summed E-state index contributed by atoms with van der Waals surface area (Å²) in [6, 6.07) is 14.6. The lowest BCUT2D eigenvalue weighted by atomic mass is 9.96. The van der Waals surface area contributed by atoms with Crippen molar-refractivity contribution in [2.24, 2.45) is 7.05 Å². The molecule has 1 fully saturated rings. The fourth-order valence-electron chi connectivity index (χ4n) is 6.14. The molecule has 1 N–H and O–H groups in total. The van der Waals surface area contributed by atoms with Crippen LogP contribution in [0.4, 0.5) is 20.3 Å². The third kappa shape index (κ3) is 7.76. The molecule has 1 aliphatic heterocycles. The van der Waals surface area contributed by atoms with Gasteiger partial charge in [0.1, 0.15) is 11.5 Å². The van der Waals surface area contributed by atoms with Crippen LogP contribution >= 0.6 is 11.6 Å². The van der Waals surface area contributed by atoms with Gasteiger partial charge in [-0.05, 0) is 80.3 Å². The van der Waals surface area contributed by atoms with Crippen LogP contribution in [0.5, 0.6) is 5.88 Å². The number of aromatic nitrogens is 4. The van der Waals surface area contributed by atoms with Crippen LogP contribution in [-0.4, -0.2) is 40.1 Å². The van der Waals surface area contributed by atoms with Crippen molar-refractivity contribution in [2.75, 3.05) is 25.6 Å². The molecule has 1 aliphatic carbocycles. The van der Waals surface area contributed by atoms with Crippen LogP contribution in [0.15, 0.2) is 59.5 Å². The standard InChI is InChI=1S/C31H26ClF2N5O2.C5H10O.C2H6/c1-16-19(21-10-5-11-22(27(21)32)24-13-17-7-4-9-20(17)30(38-24)41-3)8-6-12-23(16)36-29-26-18(14-25(37-29)28(33)34)15-35-39(2)31(26)40;1-2-4-6-5-3-1;1-2/h5-6,8,10-15,28H,4,7,9H2,1-3H3,(H,36,37);1-5H2;1-2H3. The van der Waals surface area contributed by atoms with Crippen molar-refractivity contribution in [2.45, 2.75) is 65.7 Å². The molecule has 0 bridgehead atoms. The zero-order valence-corrected chi connectivity index (χ0v) is 29.3. The van der Waals surface area contributed by atoms with Crippen LogP contribution < -0.4 is 15.6 Å². The summed E-state index contributed by atoms with van der Waals surface area (Å²) in [6.45, 7) is 7.90. The molecule has 0 saturated carbocycles. The molecule has 2 aromatic carbocycles. The van der Waals surface area contributed by atoms with Crippen molar-refractivity contribution in [3.8, 4) is 28.3 Å². The Hall–Kier alpha value is -4.41. The Morgan fingerprint density at radius 2 is 1.67 bits per heavy atom. The van der Waals surface area contributed by atoms with E-state index in [1.54, 1.807) is 13.2 Å². The molecule has 0 spiro atoms. The lowest BCUT2D eigenvalue weighted by Gasteiger charge is -2.17. The number of anilines is 2. The highest BCUT2D eigenvalue weighted by molar-refractivity contribution is 6.36. The van der Waals surface area contributed by atoms with Gasteiger partial charge in [0, 0.05) is 48.0 Å². The number of hydrogen-bond acceptors (Lipinski definition) is 7. The summed E-state index contributed by atoms with van der Waals surface area (Å²) in [7, 11) is 3.13. The maximum absolute atomic E-state index is 13.7. The number of nitrogens with one attached hydrogen (secondary N) is 1. The van der Waals surface area contributed by atoms with Gasteiger partial charge in [-0.1, -0.05) is 55.8 Å². The molecule has 7 rings (SSSR count). The highest BCUT2D eigenvalue weighted by Gasteiger charge is 2.22. The molecule has 1 saturated heterocycles. The van der Waals surface area contributed by atoms with Gasteiger partial charge in [-0.15, -0.1) is 0 Å². The van der Waals surface area contributed by atoms with E-state index in [1.807, 2.05) is 51.1 Å². The molecule has 0 atom stereocenters. The largest absolute Gasteiger partial charge is 0.481 e. The number of aryl methyl sites for hydroxylation is 2. The number of hydrogen-bond donors (Lipinski definition) is 1. The third-order valence-electron chi connectivity index (χ3n) is 8.65. The minimum absolute atomic E-state index is 0.0373. The first-order chi connectivity index (χ1) is 23.8. The summed E-state index contributed by atoms with van der Waals surface area (Å²) in [6.07, 6.45) is 5.48. The van der Waals surface area contributed by atoms with Gasteiger partial charge in [-0.25, -0.2) is 23.4 Å². The Balaban J connectivity index is 0.000000522. The van der Waals surface area contributed by atoms with E-state index in [0.717, 1.165) is 70.7 Å². The second-order valence-corrected chi connectivity index (χ2v) is 12.1. The minimum Gasteiger partial charge on any atom is -0.481 e. The van der Waals surface area contributed by atoms with Crippen LogP contribution in [-0.2, 0) is 24.6 Å². The van der Waals surface area contributed by atoms with Crippen molar-refractivity contribution in [1.29, 1.82) is 0 Å². The normalized spacial score (nSPS) is 13.7. The number of alkyl halides is 2. The van der Waals surface area contributed by atoms with Gasteiger partial charge in [-0.3, -0.25) is 4.79 Å². The van der Waals surface area contributed by atoms with Crippen molar-refractivity contribution < 1.29 is 18.3 Å². The van der Waals surface area contributed by atoms with E-state index in [0.29, 0.717) is 16.6 Å². The van der Waals surface area contributed by atoms with Gasteiger partial charge in [0.25, 0.3) is 12.0 Å². The maximum Gasteiger partial charge on any atom is 0.280 e. The first-order valence-electron chi connectivity index (χ1n) is 16.7. The zero-order valence-electron chi connectivity index (χ0n) is 28.6. The maximum atomic E-state index is 13.7. The Labute approximate surface area is 290 Å². The van der Waals surface area contributed by atoms with Crippen LogP contribution in [0.1, 0.15) is 68.3 Å². The predicted molar refractivity (Wildman–Crippen MR) is 192 cm³/mol. The summed E-state index contributed by atoms with van der Waals surface area (Å²) in [4.78, 5) is 21.8. The number of benzene rings is 2. The molecule has 258 valence electrons. The van der Waals surface area contributed by atoms with Gasteiger partial charge in [0.15, 0.2) is 0 Å². The number of rotatable bonds is 6. The molecule has 3 aromatic heterocycles. The molecular formula is C38H42ClF2N5O3. The summed E-state index contributed by atoms with van der Waals surface area (Å²) < 4.78 is 39.2. The number of pyridine rings is 2. The molecule has 0 radical (unpaired) electrons. The summed E-state index contributed by atoms with van der Waals surface area (Å²) in [5, 5.41) is 8.10. The molecule has 2 aliphatic rings. The van der Waals surface area contributed by atoms with Crippen LogP contribution in [0.25, 0.3) is 33.2 Å². The Bertz CT molecular complexity index is 1980. The summed E-state index contributed by atoms with van der Waals surface area (Å²) in [5.74, 6) is 0.668. The molecule has 4 heterocycles. The fourth-order valence-corrected chi connectivity index (χ4v) is 6.47. The topological polar surface area (TPSA) is 91.2 Å². The molecule has 5 aromatic rings. The molecular weight excluding hydrogens is 648 g/mol. The minimum atomic E-state index is -2.82. The summed E-state index contributed by atoms with van der Waals surface area (Å²) >= 11 is 7.03. The quantitative estimate of drug-likeness (QED) is 0.190. The van der Waals surface area contributed by atoms with Crippen LogP contribution in [0.2, 0.25) is 5.02 Å². The van der Waals surface area contributed by atoms with Crippen molar-refractivity contribution >= 4 is 33.9 Å². The Kier molecular flexibility index (Phi) is 12.0. The predicted octanol–water partition coefficient (Wildman–Crippen LogP) is 9.41. The van der Waals surface area contributed by atoms with Gasteiger partial charge in [0.2, 0.25) is 5.88 Å². The van der Waals surface area contributed by atoms with E-state index in [2.05, 4.69) is 21.5 Å². The SMILES string of the molecule is C1CCOCC1.CC.COc1nc(-c2cccc(-c3cccc(Nc4nc(C(F)F)cc5cnn(C)c(=O)c45)c3C)c2Cl)cc2c1CCC2. The van der Waals surface area contributed by atoms with E-state index < -0.39 is 17.7 Å². The van der Waals surface area contributed by atoms with Crippen molar-refractivity contribution in [3.05, 3.63) is 92.5 Å². The highest BCUT2D eigenvalue weighted by atomic mass is 35.5. The van der Waals surface area contributed by atoms with E-state index >= 15 is 0 Å². The number of methoxy groups -OCH3 is 1. The molecule has 11 heteroatoms. The Morgan fingerprint density at radius 3 is 2.35 bits per heavy atom. The second-order valence-electron chi connectivity index (χ2n) is 11.7. The number of fused-ring (bicyclic) bond motifs is 2. The van der Waals surface area contributed by atoms with Gasteiger partial charge < -0.3 is 14.8 Å². The second kappa shape index (κ2) is 16.3. The average molecular weight is 690 g/mol. The molecule has 8 nitrogen and oxygen atoms in total. The van der Waals surface area contributed by atoms with Crippen LogP contribution in [0, 0.1) is 6.92 Å². The van der Waals surface area contributed by atoms with E-state index in [4.69, 9.17) is 26.1 Å². The third-order valence-corrected chi connectivity index (χ3v) is 9.05. The van der Waals surface area contributed by atoms with Gasteiger partial charge in [-0.2, -0.15) is 5.10 Å². The smallest absolute Gasteiger partial charge is 0.280 e. The Morgan fingerprint density at radius 1 is 0.959 bits per heavy atom. The van der Waals surface area contributed by atoms with Crippen molar-refractivity contribution in [1.82, 2.24) is 19.7 Å². The van der Waals surface area contributed by atoms with Gasteiger partial charge >= 0.3 is 0 Å². The van der Waals surface area contributed by atoms with E-state index in [9.17, 15) is 13.6 Å². The number of nitrogens with zero attached hydrogens (tertiary/aromatic N) is 4. The molecule has 0 unspecified atom stereocenters. The average Bonchev–Trinajstić information content (AvgIpc) is 3.61. The fraction of sp³-hybridized carbons (Fsp3) is 0.368. The van der Waals surface area contributed by atoms with Gasteiger partial charge in [0.05, 0.1) is 29.4 Å². The number of ether oxygens (including phenoxy) is 2. The summed E-state index contributed by atoms with van der Waals surface area (Å²) in [5.41, 5.74) is 6.02. The lowest BCUT2D eigenvalue weighted by molar-refractivity contribution is 0.0968. The first kappa shape index (κ1) is 35.9. The van der Waals surface area contributed by atoms with Crippen LogP contribution in [0.3, 0.4) is 0 Å². The van der Waals surface area contributed by atoms with Crippen molar-refractivity contribution in [3.63, 3.8) is 0 Å². The molecule has 49 heavy (non-hydrogen) atoms. The lowest BCUT2D eigenvalue weighted by Crippen LogP contribution is -2.20. The molecule has 0 amide bonds. The first-order valence-corrected chi connectivity index (χ1v) is 17.1. The number of halogens is 3. The monoisotopic (exact) mass is 689 g/mol. The van der Waals surface area contributed by atoms with E-state index in [1.165, 1.54) is 44.1 Å². The van der Waals surface area contributed by atoms with E-state index in [-0.39, 0.29) is 16.6 Å². The zero-order chi connectivity index (χ0) is 35.1.